The monoisotopic (exact) mass is 382 g/mol. The van der Waals surface area contributed by atoms with E-state index >= 15 is 0 Å². The van der Waals surface area contributed by atoms with Crippen molar-refractivity contribution in [2.75, 3.05) is 0 Å². The molecule has 2 atom stereocenters. The number of aromatic hydroxyl groups is 1. The van der Waals surface area contributed by atoms with Gasteiger partial charge in [0.2, 0.25) is 0 Å². The third-order valence-electron chi connectivity index (χ3n) is 4.86. The first-order chi connectivity index (χ1) is 13.5. The fourth-order valence-corrected chi connectivity index (χ4v) is 3.45. The number of hydroxylamine groups is 1. The molecule has 2 unspecified atom stereocenters. The molecule has 0 heterocycles. The Labute approximate surface area is 162 Å². The zero-order valence-electron chi connectivity index (χ0n) is 15.1. The highest BCUT2D eigenvalue weighted by Crippen LogP contribution is 2.32. The van der Waals surface area contributed by atoms with Crippen LogP contribution in [0.1, 0.15) is 34.7 Å². The first-order valence-electron chi connectivity index (χ1n) is 8.98. The second kappa shape index (κ2) is 8.69. The van der Waals surface area contributed by atoms with Crippen molar-refractivity contribution in [1.29, 1.82) is 0 Å². The lowest BCUT2D eigenvalue weighted by Gasteiger charge is -2.21. The number of carboxylic acid groups (broad SMARTS) is 1. The van der Waals surface area contributed by atoms with Crippen LogP contribution in [-0.4, -0.2) is 33.3 Å². The van der Waals surface area contributed by atoms with Crippen LogP contribution in [0.25, 0.3) is 6.08 Å². The van der Waals surface area contributed by atoms with Gasteiger partial charge >= 0.3 is 5.97 Å². The first-order valence-corrected chi connectivity index (χ1v) is 8.98. The van der Waals surface area contributed by atoms with Gasteiger partial charge < -0.3 is 10.2 Å². The molecule has 1 aliphatic rings. The molecule has 2 aromatic carbocycles. The zero-order chi connectivity index (χ0) is 20.1. The maximum atomic E-state index is 11.7. The molecule has 0 saturated heterocycles. The number of phenolic OH excluding ortho intramolecular Hbond substituents is 1. The van der Waals surface area contributed by atoms with Gasteiger partial charge in [-0.1, -0.05) is 30.3 Å². The molecule has 28 heavy (non-hydrogen) atoms. The fraction of sp³-hybridized carbons (Fsp3) is 0.238. The predicted molar refractivity (Wildman–Crippen MR) is 103 cm³/mol. The minimum absolute atomic E-state index is 0.0630. The summed E-state index contributed by atoms with van der Waals surface area (Å²) >= 11 is 0. The number of fused-ring (bicyclic) bond motifs is 1. The lowest BCUT2D eigenvalue weighted by molar-refractivity contribution is -0.139. The standard InChI is InChI=1S/C21H22N2O5/c24-16-6-1-14(2-7-16)12-19(21(26)27)22-18-9-5-15-11-13(3-8-17(15)18)4-10-20(25)23-28/h1-4,6-8,10-11,18-19,22,24,28H,5,9,12H2,(H,23,25)(H,26,27). The Morgan fingerprint density at radius 2 is 1.93 bits per heavy atom. The SMILES string of the molecule is O=C(C=Cc1ccc2c(c1)CCC2NC(Cc1ccc(O)cc1)C(=O)O)NO. The van der Waals surface area contributed by atoms with Gasteiger partial charge in [-0.3, -0.25) is 20.1 Å². The van der Waals surface area contributed by atoms with Crippen molar-refractivity contribution in [3.8, 4) is 5.75 Å². The van der Waals surface area contributed by atoms with Crippen molar-refractivity contribution in [3.63, 3.8) is 0 Å². The van der Waals surface area contributed by atoms with Gasteiger partial charge in [-0.15, -0.1) is 0 Å². The van der Waals surface area contributed by atoms with Crippen LogP contribution in [0.4, 0.5) is 0 Å². The van der Waals surface area contributed by atoms with E-state index in [1.54, 1.807) is 35.8 Å². The smallest absolute Gasteiger partial charge is 0.321 e. The van der Waals surface area contributed by atoms with Crippen LogP contribution in [0.2, 0.25) is 0 Å². The summed E-state index contributed by atoms with van der Waals surface area (Å²) in [5.41, 5.74) is 5.38. The van der Waals surface area contributed by atoms with Gasteiger partial charge in [0.1, 0.15) is 11.8 Å². The molecule has 0 fully saturated rings. The highest BCUT2D eigenvalue weighted by atomic mass is 16.5. The van der Waals surface area contributed by atoms with E-state index in [9.17, 15) is 19.8 Å². The Bertz CT molecular complexity index is 892. The molecule has 0 aliphatic heterocycles. The van der Waals surface area contributed by atoms with Crippen molar-refractivity contribution in [2.24, 2.45) is 0 Å². The van der Waals surface area contributed by atoms with Crippen molar-refractivity contribution in [1.82, 2.24) is 10.8 Å². The molecule has 0 spiro atoms. The summed E-state index contributed by atoms with van der Waals surface area (Å²) < 4.78 is 0. The molecule has 1 aliphatic carbocycles. The van der Waals surface area contributed by atoms with Gasteiger partial charge in [-0.2, -0.15) is 0 Å². The second-order valence-corrected chi connectivity index (χ2v) is 6.79. The number of aryl methyl sites for hydroxylation is 1. The van der Waals surface area contributed by atoms with Gasteiger partial charge in [-0.25, -0.2) is 5.48 Å². The molecule has 3 rings (SSSR count). The highest BCUT2D eigenvalue weighted by molar-refractivity contribution is 5.90. The molecule has 2 aromatic rings. The molecule has 146 valence electrons. The van der Waals surface area contributed by atoms with Crippen LogP contribution in [0, 0.1) is 0 Å². The normalized spacial score (nSPS) is 16.7. The number of carbonyl (C=O) groups excluding carboxylic acids is 1. The number of nitrogens with one attached hydrogen (secondary N) is 2. The number of hydrogen-bond acceptors (Lipinski definition) is 5. The Morgan fingerprint density at radius 1 is 1.18 bits per heavy atom. The predicted octanol–water partition coefficient (Wildman–Crippen LogP) is 2.18. The van der Waals surface area contributed by atoms with Crippen LogP contribution < -0.4 is 10.8 Å². The van der Waals surface area contributed by atoms with Gasteiger partial charge in [0.25, 0.3) is 5.91 Å². The molecule has 0 radical (unpaired) electrons. The number of carboxylic acids is 1. The Hall–Kier alpha value is -3.16. The molecule has 0 bridgehead atoms. The number of phenols is 1. The van der Waals surface area contributed by atoms with E-state index < -0.39 is 17.9 Å². The Morgan fingerprint density at radius 3 is 2.61 bits per heavy atom. The molecule has 1 amide bonds. The van der Waals surface area contributed by atoms with Crippen molar-refractivity contribution >= 4 is 18.0 Å². The summed E-state index contributed by atoms with van der Waals surface area (Å²) in [7, 11) is 0. The lowest BCUT2D eigenvalue weighted by Crippen LogP contribution is -2.40. The molecule has 0 aromatic heterocycles. The quantitative estimate of drug-likeness (QED) is 0.285. The average Bonchev–Trinajstić information content (AvgIpc) is 3.09. The van der Waals surface area contributed by atoms with E-state index in [0.717, 1.165) is 35.1 Å². The fourth-order valence-electron chi connectivity index (χ4n) is 3.45. The van der Waals surface area contributed by atoms with Gasteiger partial charge in [0.15, 0.2) is 0 Å². The van der Waals surface area contributed by atoms with Gasteiger partial charge in [0, 0.05) is 12.1 Å². The van der Waals surface area contributed by atoms with E-state index in [0.29, 0.717) is 6.42 Å². The number of hydrogen-bond donors (Lipinski definition) is 5. The minimum atomic E-state index is -0.920. The van der Waals surface area contributed by atoms with E-state index in [4.69, 9.17) is 5.21 Å². The lowest BCUT2D eigenvalue weighted by atomic mass is 10.0. The topological polar surface area (TPSA) is 119 Å². The summed E-state index contributed by atoms with van der Waals surface area (Å²) in [5.74, 6) is -1.37. The number of benzene rings is 2. The van der Waals surface area contributed by atoms with Crippen LogP contribution in [-0.2, 0) is 22.4 Å². The number of rotatable bonds is 7. The molecule has 5 N–H and O–H groups in total. The first kappa shape index (κ1) is 19.6. The summed E-state index contributed by atoms with van der Waals surface area (Å²) in [4.78, 5) is 22.8. The highest BCUT2D eigenvalue weighted by Gasteiger charge is 2.28. The van der Waals surface area contributed by atoms with Gasteiger partial charge in [-0.05, 0) is 59.7 Å². The van der Waals surface area contributed by atoms with Gasteiger partial charge in [0.05, 0.1) is 0 Å². The van der Waals surface area contributed by atoms with Crippen molar-refractivity contribution in [3.05, 3.63) is 70.8 Å². The third kappa shape index (κ3) is 4.76. The number of carbonyl (C=O) groups is 2. The van der Waals surface area contributed by atoms with Crippen LogP contribution in [0.5, 0.6) is 5.75 Å². The van der Waals surface area contributed by atoms with Crippen molar-refractivity contribution < 1.29 is 25.0 Å². The summed E-state index contributed by atoms with van der Waals surface area (Å²) in [6.45, 7) is 0. The van der Waals surface area contributed by atoms with Crippen molar-refractivity contribution in [2.45, 2.75) is 31.3 Å². The maximum Gasteiger partial charge on any atom is 0.321 e. The van der Waals surface area contributed by atoms with E-state index in [-0.39, 0.29) is 11.8 Å². The molecule has 7 heteroatoms. The zero-order valence-corrected chi connectivity index (χ0v) is 15.1. The van der Waals surface area contributed by atoms with E-state index in [2.05, 4.69) is 5.32 Å². The summed E-state index contributed by atoms with van der Waals surface area (Å²) in [6, 6.07) is 11.5. The third-order valence-corrected chi connectivity index (χ3v) is 4.86. The van der Waals surface area contributed by atoms with E-state index in [1.807, 2.05) is 18.2 Å². The largest absolute Gasteiger partial charge is 0.508 e. The summed E-state index contributed by atoms with van der Waals surface area (Å²) in [6.07, 6.45) is 4.77. The average molecular weight is 382 g/mol. The molecular weight excluding hydrogens is 360 g/mol. The number of aliphatic carboxylic acids is 1. The Kier molecular flexibility index (Phi) is 6.08. The Balaban J connectivity index is 1.71. The van der Waals surface area contributed by atoms with Crippen LogP contribution >= 0.6 is 0 Å². The summed E-state index contributed by atoms with van der Waals surface area (Å²) in [5, 5.41) is 30.7. The molecular formula is C21H22N2O5. The second-order valence-electron chi connectivity index (χ2n) is 6.79. The molecule has 0 saturated carbocycles. The minimum Gasteiger partial charge on any atom is -0.508 e. The van der Waals surface area contributed by atoms with Crippen LogP contribution in [0.15, 0.2) is 48.5 Å². The number of amides is 1. The van der Waals surface area contributed by atoms with Crippen LogP contribution in [0.3, 0.4) is 0 Å². The molecule has 7 nitrogen and oxygen atoms in total. The van der Waals surface area contributed by atoms with E-state index in [1.165, 1.54) is 6.08 Å². The maximum absolute atomic E-state index is 11.7.